The maximum absolute atomic E-state index is 2.58. The molecule has 0 bridgehead atoms. The molecule has 0 aliphatic heterocycles. The van der Waals surface area contributed by atoms with Crippen molar-refractivity contribution in [3.8, 4) is 0 Å². The van der Waals surface area contributed by atoms with Crippen LogP contribution in [0.15, 0.2) is 99.7 Å². The van der Waals surface area contributed by atoms with Gasteiger partial charge in [-0.1, -0.05) is 97.7 Å². The first-order chi connectivity index (χ1) is 19.5. The van der Waals surface area contributed by atoms with Gasteiger partial charge in [0.15, 0.2) is 0 Å². The molecule has 5 aliphatic rings. The van der Waals surface area contributed by atoms with Gasteiger partial charge in [-0.3, -0.25) is 0 Å². The second kappa shape index (κ2) is 11.7. The van der Waals surface area contributed by atoms with Gasteiger partial charge in [-0.15, -0.1) is 0 Å². The Labute approximate surface area is 244 Å². The minimum absolute atomic E-state index is 0.756. The predicted molar refractivity (Wildman–Crippen MR) is 173 cm³/mol. The first-order valence-corrected chi connectivity index (χ1v) is 16.4. The number of benzene rings is 1. The van der Waals surface area contributed by atoms with Crippen LogP contribution in [0.1, 0.15) is 116 Å². The van der Waals surface area contributed by atoms with Crippen LogP contribution in [0.25, 0.3) is 5.57 Å². The van der Waals surface area contributed by atoms with Gasteiger partial charge in [0.2, 0.25) is 0 Å². The monoisotopic (exact) mass is 530 g/mol. The molecule has 0 saturated heterocycles. The highest BCUT2D eigenvalue weighted by molar-refractivity contribution is 5.86. The van der Waals surface area contributed by atoms with E-state index in [-0.39, 0.29) is 0 Å². The second-order valence-corrected chi connectivity index (χ2v) is 13.4. The molecule has 5 atom stereocenters. The molecule has 0 heteroatoms. The van der Waals surface area contributed by atoms with E-state index in [0.717, 1.165) is 36.0 Å². The topological polar surface area (TPSA) is 0 Å². The van der Waals surface area contributed by atoms with E-state index in [1.165, 1.54) is 91.2 Å². The van der Waals surface area contributed by atoms with Crippen molar-refractivity contribution in [2.24, 2.45) is 23.7 Å². The van der Waals surface area contributed by atoms with Gasteiger partial charge in [0.25, 0.3) is 0 Å². The zero-order valence-corrected chi connectivity index (χ0v) is 25.7. The van der Waals surface area contributed by atoms with Gasteiger partial charge in [-0.05, 0) is 147 Å². The van der Waals surface area contributed by atoms with Crippen LogP contribution in [-0.2, 0) is 0 Å². The molecule has 3 fully saturated rings. The lowest BCUT2D eigenvalue weighted by Crippen LogP contribution is -2.04. The Morgan fingerprint density at radius 2 is 1.90 bits per heavy atom. The van der Waals surface area contributed by atoms with Crippen molar-refractivity contribution in [2.75, 3.05) is 0 Å². The second-order valence-electron chi connectivity index (χ2n) is 13.4. The zero-order valence-electron chi connectivity index (χ0n) is 25.7. The third-order valence-corrected chi connectivity index (χ3v) is 10.7. The average molecular weight is 531 g/mol. The lowest BCUT2D eigenvalue weighted by molar-refractivity contribution is 0.518. The van der Waals surface area contributed by atoms with Crippen molar-refractivity contribution in [2.45, 2.75) is 105 Å². The molecule has 40 heavy (non-hydrogen) atoms. The molecule has 0 nitrogen and oxygen atoms in total. The molecule has 0 N–H and O–H groups in total. The van der Waals surface area contributed by atoms with Gasteiger partial charge in [0, 0.05) is 0 Å². The first-order valence-electron chi connectivity index (χ1n) is 16.4. The standard InChI is InChI=1S/C40H50/c1-6-26(4)38-24-34(25-40(38)35(8-3)32-12-10-13-33(22-32)37-21-27(37)5)36(30-19-20-30)14-9-11-28-15-17-31(18-16-28)39-23-29(39)7-2/h6,8,10,12-13,15-17,22,25,27,29,31,37,39H,7,9,11,14,18-21,23-24H2,1-5H3. The minimum atomic E-state index is 0.756. The fourth-order valence-corrected chi connectivity index (χ4v) is 7.61. The molecule has 210 valence electrons. The van der Waals surface area contributed by atoms with Crippen LogP contribution in [0.3, 0.4) is 0 Å². The summed E-state index contributed by atoms with van der Waals surface area (Å²) in [6.07, 6.45) is 27.7. The van der Waals surface area contributed by atoms with Gasteiger partial charge in [-0.2, -0.15) is 0 Å². The van der Waals surface area contributed by atoms with Crippen molar-refractivity contribution < 1.29 is 0 Å². The summed E-state index contributed by atoms with van der Waals surface area (Å²) in [5, 5.41) is 0. The van der Waals surface area contributed by atoms with Crippen LogP contribution in [0, 0.1) is 23.7 Å². The van der Waals surface area contributed by atoms with Gasteiger partial charge in [0.1, 0.15) is 0 Å². The summed E-state index contributed by atoms with van der Waals surface area (Å²) in [6.45, 7) is 11.5. The molecular weight excluding hydrogens is 480 g/mol. The molecule has 1 aromatic carbocycles. The summed E-state index contributed by atoms with van der Waals surface area (Å²) in [6, 6.07) is 9.43. The van der Waals surface area contributed by atoms with E-state index < -0.39 is 0 Å². The molecule has 5 aliphatic carbocycles. The third-order valence-electron chi connectivity index (χ3n) is 10.7. The average Bonchev–Trinajstić information content (AvgIpc) is 3.89. The smallest absolute Gasteiger partial charge is 0.00142 e. The molecule has 5 unspecified atom stereocenters. The molecule has 0 amide bonds. The Morgan fingerprint density at radius 1 is 1.07 bits per heavy atom. The van der Waals surface area contributed by atoms with Gasteiger partial charge in [-0.25, -0.2) is 0 Å². The fourth-order valence-electron chi connectivity index (χ4n) is 7.61. The van der Waals surface area contributed by atoms with E-state index in [0.29, 0.717) is 0 Å². The third kappa shape index (κ3) is 5.88. The van der Waals surface area contributed by atoms with E-state index in [2.05, 4.69) is 95.3 Å². The highest BCUT2D eigenvalue weighted by atomic mass is 14.4. The molecule has 0 spiro atoms. The Hall–Kier alpha value is -2.60. The highest BCUT2D eigenvalue weighted by Crippen LogP contribution is 2.50. The lowest BCUT2D eigenvalue weighted by Gasteiger charge is -2.17. The molecule has 0 aromatic heterocycles. The van der Waals surface area contributed by atoms with E-state index in [1.54, 1.807) is 22.3 Å². The van der Waals surface area contributed by atoms with E-state index in [4.69, 9.17) is 0 Å². The number of hydrogen-bond acceptors (Lipinski definition) is 0. The highest BCUT2D eigenvalue weighted by Gasteiger charge is 2.40. The van der Waals surface area contributed by atoms with Gasteiger partial charge >= 0.3 is 0 Å². The number of rotatable bonds is 11. The van der Waals surface area contributed by atoms with Crippen molar-refractivity contribution in [3.63, 3.8) is 0 Å². The summed E-state index contributed by atoms with van der Waals surface area (Å²) in [4.78, 5) is 0. The number of hydrogen-bond donors (Lipinski definition) is 0. The first kappa shape index (κ1) is 27.6. The molecule has 0 radical (unpaired) electrons. The fraction of sp³-hybridized carbons (Fsp3) is 0.500. The molecule has 1 aromatic rings. The van der Waals surface area contributed by atoms with Crippen LogP contribution >= 0.6 is 0 Å². The normalized spacial score (nSPS) is 29.5. The van der Waals surface area contributed by atoms with Gasteiger partial charge in [0.05, 0.1) is 0 Å². The molecule has 6 rings (SSSR count). The van der Waals surface area contributed by atoms with E-state index in [1.807, 2.05) is 0 Å². The lowest BCUT2D eigenvalue weighted by atomic mass is 9.89. The van der Waals surface area contributed by atoms with E-state index >= 15 is 0 Å². The zero-order chi connectivity index (χ0) is 27.8. The van der Waals surface area contributed by atoms with Crippen LogP contribution in [-0.4, -0.2) is 0 Å². The van der Waals surface area contributed by atoms with Crippen LogP contribution in [0.2, 0.25) is 0 Å². The van der Waals surface area contributed by atoms with Crippen molar-refractivity contribution in [1.29, 1.82) is 0 Å². The molecular formula is C40H50. The summed E-state index contributed by atoms with van der Waals surface area (Å²) >= 11 is 0. The summed E-state index contributed by atoms with van der Waals surface area (Å²) in [5.74, 6) is 4.38. The summed E-state index contributed by atoms with van der Waals surface area (Å²) < 4.78 is 0. The molecule has 0 heterocycles. The SMILES string of the molecule is CC=C(C)C1=C(C(=CC)c2cccc(C3CC3C)c2)C=C(C(CCCC2=CCC(C3CC3CC)C=C2)=C2CC2)C1. The maximum atomic E-state index is 2.58. The van der Waals surface area contributed by atoms with Crippen LogP contribution < -0.4 is 0 Å². The van der Waals surface area contributed by atoms with Crippen molar-refractivity contribution >= 4 is 5.57 Å². The van der Waals surface area contributed by atoms with Crippen LogP contribution in [0.5, 0.6) is 0 Å². The van der Waals surface area contributed by atoms with Crippen molar-refractivity contribution in [3.05, 3.63) is 111 Å². The number of allylic oxidation sites excluding steroid dienone is 14. The van der Waals surface area contributed by atoms with Crippen LogP contribution in [0.4, 0.5) is 0 Å². The summed E-state index contributed by atoms with van der Waals surface area (Å²) in [5.41, 5.74) is 15.3. The minimum Gasteiger partial charge on any atom is -0.0844 e. The van der Waals surface area contributed by atoms with Gasteiger partial charge < -0.3 is 0 Å². The van der Waals surface area contributed by atoms with E-state index in [9.17, 15) is 0 Å². The summed E-state index contributed by atoms with van der Waals surface area (Å²) in [7, 11) is 0. The Morgan fingerprint density at radius 3 is 2.52 bits per heavy atom. The molecule has 3 saturated carbocycles. The predicted octanol–water partition coefficient (Wildman–Crippen LogP) is 11.6. The maximum Gasteiger partial charge on any atom is -0.00142 e. The quantitative estimate of drug-likeness (QED) is 0.267. The van der Waals surface area contributed by atoms with Crippen molar-refractivity contribution in [1.82, 2.24) is 0 Å². The Kier molecular flexibility index (Phi) is 8.07. The largest absolute Gasteiger partial charge is 0.0844 e. The Balaban J connectivity index is 1.16. The Bertz CT molecular complexity index is 1360.